The Hall–Kier alpha value is -3.85. The van der Waals surface area contributed by atoms with E-state index in [2.05, 4.69) is 38.6 Å². The molecule has 1 aliphatic heterocycles. The number of aromatic nitrogens is 1. The van der Waals surface area contributed by atoms with Gasteiger partial charge in [0.25, 0.3) is 5.91 Å². The minimum absolute atomic E-state index is 0.255. The predicted octanol–water partition coefficient (Wildman–Crippen LogP) is 3.22. The van der Waals surface area contributed by atoms with Crippen molar-refractivity contribution >= 4 is 41.8 Å². The number of carbonyl (C=O) groups is 2. The van der Waals surface area contributed by atoms with E-state index in [1.807, 2.05) is 12.1 Å². The molecular weight excluding hydrogens is 438 g/mol. The highest BCUT2D eigenvalue weighted by Crippen LogP contribution is 2.31. The van der Waals surface area contributed by atoms with Gasteiger partial charge in [-0.05, 0) is 47.5 Å². The van der Waals surface area contributed by atoms with E-state index in [0.29, 0.717) is 17.2 Å². The Bertz CT molecular complexity index is 1170. The lowest BCUT2D eigenvalue weighted by Gasteiger charge is -2.21. The Morgan fingerprint density at radius 1 is 1.03 bits per heavy atom. The zero-order chi connectivity index (χ0) is 23.2. The lowest BCUT2D eigenvalue weighted by Crippen LogP contribution is -2.26. The van der Waals surface area contributed by atoms with Crippen LogP contribution < -0.4 is 16.0 Å². The number of carboxylic acid groups (broad SMARTS) is 1. The first kappa shape index (κ1) is 22.3. The van der Waals surface area contributed by atoms with Gasteiger partial charge in [-0.3, -0.25) is 19.6 Å². The predicted molar refractivity (Wildman–Crippen MR) is 131 cm³/mol. The molecule has 1 aromatic heterocycles. The zero-order valence-corrected chi connectivity index (χ0v) is 18.5. The summed E-state index contributed by atoms with van der Waals surface area (Å²) < 4.78 is 0. The number of benzene rings is 2. The maximum Gasteiger partial charge on any atom is 0.317 e. The van der Waals surface area contributed by atoms with Crippen LogP contribution >= 0.6 is 12.6 Å². The number of pyridine rings is 1. The van der Waals surface area contributed by atoms with Crippen LogP contribution in [0.25, 0.3) is 0 Å². The molecule has 0 saturated heterocycles. The van der Waals surface area contributed by atoms with Gasteiger partial charge in [0.15, 0.2) is 5.96 Å². The minimum Gasteiger partial charge on any atom is -0.480 e. The third-order valence-electron chi connectivity index (χ3n) is 5.20. The van der Waals surface area contributed by atoms with Gasteiger partial charge in [0, 0.05) is 41.8 Å². The van der Waals surface area contributed by atoms with Crippen molar-refractivity contribution in [3.8, 4) is 0 Å². The van der Waals surface area contributed by atoms with E-state index in [1.54, 1.807) is 60.9 Å². The molecule has 4 N–H and O–H groups in total. The SMILES string of the molecule is O=C(Nc1ccc(C(c2cccnc2)[C@H](S)C(=O)O)cc1)c1cccc(NC2=NCCN2)c1. The minimum atomic E-state index is -1.02. The number of rotatable bonds is 7. The van der Waals surface area contributed by atoms with Gasteiger partial charge >= 0.3 is 5.97 Å². The maximum atomic E-state index is 12.8. The normalized spacial score (nSPS) is 14.5. The van der Waals surface area contributed by atoms with Crippen LogP contribution in [-0.4, -0.2) is 46.3 Å². The van der Waals surface area contributed by atoms with Gasteiger partial charge in [-0.2, -0.15) is 12.6 Å². The van der Waals surface area contributed by atoms with Crippen LogP contribution in [0.15, 0.2) is 78.0 Å². The molecule has 0 fully saturated rings. The molecule has 0 aliphatic carbocycles. The first-order valence-corrected chi connectivity index (χ1v) is 10.9. The van der Waals surface area contributed by atoms with E-state index in [9.17, 15) is 14.7 Å². The first-order chi connectivity index (χ1) is 16.0. The number of anilines is 2. The Morgan fingerprint density at radius 3 is 2.52 bits per heavy atom. The molecule has 168 valence electrons. The molecule has 1 amide bonds. The van der Waals surface area contributed by atoms with Crippen LogP contribution in [0.1, 0.15) is 27.4 Å². The van der Waals surface area contributed by atoms with Gasteiger partial charge in [0.1, 0.15) is 5.25 Å². The number of nitrogens with one attached hydrogen (secondary N) is 3. The molecule has 0 bridgehead atoms. The topological polar surface area (TPSA) is 116 Å². The van der Waals surface area contributed by atoms with Crippen molar-refractivity contribution in [2.45, 2.75) is 11.2 Å². The van der Waals surface area contributed by atoms with E-state index in [4.69, 9.17) is 0 Å². The monoisotopic (exact) mass is 461 g/mol. The number of aliphatic carboxylic acids is 1. The quantitative estimate of drug-likeness (QED) is 0.345. The number of thiol groups is 1. The second-order valence-corrected chi connectivity index (χ2v) is 8.04. The third kappa shape index (κ3) is 5.50. The summed E-state index contributed by atoms with van der Waals surface area (Å²) in [6.07, 6.45) is 3.27. The van der Waals surface area contributed by atoms with Crippen LogP contribution in [-0.2, 0) is 4.79 Å². The molecule has 3 aromatic rings. The van der Waals surface area contributed by atoms with Crippen molar-refractivity contribution in [3.63, 3.8) is 0 Å². The van der Waals surface area contributed by atoms with E-state index in [-0.39, 0.29) is 5.91 Å². The molecule has 0 radical (unpaired) electrons. The second-order valence-electron chi connectivity index (χ2n) is 7.49. The highest BCUT2D eigenvalue weighted by atomic mass is 32.1. The molecule has 2 aromatic carbocycles. The van der Waals surface area contributed by atoms with Crippen molar-refractivity contribution in [2.24, 2.45) is 4.99 Å². The molecular formula is C24H23N5O3S. The first-order valence-electron chi connectivity index (χ1n) is 10.4. The van der Waals surface area contributed by atoms with Crippen molar-refractivity contribution in [2.75, 3.05) is 23.7 Å². The summed E-state index contributed by atoms with van der Waals surface area (Å²) in [5, 5.41) is 17.7. The fourth-order valence-electron chi connectivity index (χ4n) is 3.59. The Kier molecular flexibility index (Phi) is 6.89. The number of guanidine groups is 1. The van der Waals surface area contributed by atoms with E-state index in [0.717, 1.165) is 29.9 Å². The summed E-state index contributed by atoms with van der Waals surface area (Å²) in [5.41, 5.74) is 3.37. The van der Waals surface area contributed by atoms with Crippen molar-refractivity contribution in [1.29, 1.82) is 0 Å². The summed E-state index contributed by atoms with van der Waals surface area (Å²) in [5.74, 6) is -1.07. The van der Waals surface area contributed by atoms with Crippen molar-refractivity contribution in [1.82, 2.24) is 10.3 Å². The summed E-state index contributed by atoms with van der Waals surface area (Å²) in [4.78, 5) is 32.8. The maximum absolute atomic E-state index is 12.8. The van der Waals surface area contributed by atoms with Crippen LogP contribution in [0.2, 0.25) is 0 Å². The Labute approximate surface area is 196 Å². The van der Waals surface area contributed by atoms with E-state index >= 15 is 0 Å². The van der Waals surface area contributed by atoms with Crippen LogP contribution in [0.3, 0.4) is 0 Å². The molecule has 2 heterocycles. The second kappa shape index (κ2) is 10.2. The fourth-order valence-corrected chi connectivity index (χ4v) is 3.94. The van der Waals surface area contributed by atoms with E-state index in [1.165, 1.54) is 0 Å². The molecule has 0 spiro atoms. The summed E-state index contributed by atoms with van der Waals surface area (Å²) >= 11 is 4.31. The lowest BCUT2D eigenvalue weighted by molar-refractivity contribution is -0.136. The molecule has 4 rings (SSSR count). The molecule has 33 heavy (non-hydrogen) atoms. The number of hydrogen-bond acceptors (Lipinski definition) is 7. The smallest absolute Gasteiger partial charge is 0.317 e. The number of carboxylic acids is 1. The van der Waals surface area contributed by atoms with Gasteiger partial charge in [0.05, 0.1) is 6.54 Å². The molecule has 2 atom stereocenters. The van der Waals surface area contributed by atoms with Crippen molar-refractivity contribution < 1.29 is 14.7 Å². The van der Waals surface area contributed by atoms with Gasteiger partial charge < -0.3 is 21.1 Å². The zero-order valence-electron chi connectivity index (χ0n) is 17.6. The number of aliphatic imine (C=N–C) groups is 1. The molecule has 9 heteroatoms. The van der Waals surface area contributed by atoms with Gasteiger partial charge in [-0.1, -0.05) is 24.3 Å². The van der Waals surface area contributed by atoms with Crippen molar-refractivity contribution in [3.05, 3.63) is 89.7 Å². The molecule has 8 nitrogen and oxygen atoms in total. The standard InChI is InChI=1S/C24H23N5O3S/c30-22(16-3-1-5-19(13-16)29-24-26-11-12-27-24)28-18-8-6-15(7-9-18)20(21(33)23(31)32)17-4-2-10-25-14-17/h1-10,13-14,20-21,33H,11-12H2,(H,28,30)(H,31,32)(H2,26,27,29)/t20?,21-/m0/s1. The van der Waals surface area contributed by atoms with Gasteiger partial charge in [-0.25, -0.2) is 0 Å². The van der Waals surface area contributed by atoms with Gasteiger partial charge in [0.2, 0.25) is 0 Å². The number of amides is 1. The summed E-state index contributed by atoms with van der Waals surface area (Å²) in [7, 11) is 0. The fraction of sp³-hybridized carbons (Fsp3) is 0.167. The molecule has 0 saturated carbocycles. The van der Waals surface area contributed by atoms with Crippen LogP contribution in [0.5, 0.6) is 0 Å². The average molecular weight is 462 g/mol. The summed E-state index contributed by atoms with van der Waals surface area (Å²) in [6.45, 7) is 1.52. The highest BCUT2D eigenvalue weighted by Gasteiger charge is 2.28. The average Bonchev–Trinajstić information content (AvgIpc) is 3.34. The largest absolute Gasteiger partial charge is 0.480 e. The Balaban J connectivity index is 1.49. The molecule has 1 unspecified atom stereocenters. The Morgan fingerprint density at radius 2 is 1.85 bits per heavy atom. The number of carbonyl (C=O) groups excluding carboxylic acids is 1. The van der Waals surface area contributed by atoms with E-state index < -0.39 is 17.1 Å². The third-order valence-corrected chi connectivity index (χ3v) is 5.72. The lowest BCUT2D eigenvalue weighted by atomic mass is 9.89. The van der Waals surface area contributed by atoms with Crippen LogP contribution in [0.4, 0.5) is 11.4 Å². The number of nitrogens with zero attached hydrogens (tertiary/aromatic N) is 2. The molecule has 1 aliphatic rings. The van der Waals surface area contributed by atoms with Crippen LogP contribution in [0, 0.1) is 0 Å². The summed E-state index contributed by atoms with van der Waals surface area (Å²) in [6, 6.07) is 17.8. The highest BCUT2D eigenvalue weighted by molar-refractivity contribution is 7.81. The number of hydrogen-bond donors (Lipinski definition) is 5. The van der Waals surface area contributed by atoms with Gasteiger partial charge in [-0.15, -0.1) is 0 Å².